The number of nitrogens with one attached hydrogen (secondary N) is 2. The maximum absolute atomic E-state index is 11.5. The molecule has 0 bridgehead atoms. The Morgan fingerprint density at radius 1 is 1.22 bits per heavy atom. The molecule has 0 saturated carbocycles. The molecule has 0 aliphatic carbocycles. The largest absolute Gasteiger partial charge is 0.338 e. The molecule has 0 aromatic heterocycles. The Kier molecular flexibility index (Phi) is 6.54. The van der Waals surface area contributed by atoms with Crippen LogP contribution in [-0.4, -0.2) is 38.1 Å². The minimum Gasteiger partial charge on any atom is -0.338 e. The first-order valence-electron chi connectivity index (χ1n) is 6.03. The van der Waals surface area contributed by atoms with Crippen LogP contribution in [0.25, 0.3) is 0 Å². The summed E-state index contributed by atoms with van der Waals surface area (Å²) in [6.07, 6.45) is 2.06. The van der Waals surface area contributed by atoms with Gasteiger partial charge < -0.3 is 15.5 Å². The van der Waals surface area contributed by atoms with E-state index in [0.717, 1.165) is 25.1 Å². The summed E-state index contributed by atoms with van der Waals surface area (Å²) in [5.74, 6) is 0. The Morgan fingerprint density at radius 3 is 2.50 bits per heavy atom. The summed E-state index contributed by atoms with van der Waals surface area (Å²) in [7, 11) is 4.08. The fourth-order valence-corrected chi connectivity index (χ4v) is 1.59. The summed E-state index contributed by atoms with van der Waals surface area (Å²) >= 11 is 5.76. The smallest absolute Gasteiger partial charge is 0.319 e. The number of hydrogen-bond donors (Lipinski definition) is 2. The molecule has 0 saturated heterocycles. The summed E-state index contributed by atoms with van der Waals surface area (Å²) in [5.41, 5.74) is 0.741. The highest BCUT2D eigenvalue weighted by atomic mass is 35.5. The normalized spacial score (nSPS) is 10.4. The number of urea groups is 1. The summed E-state index contributed by atoms with van der Waals surface area (Å²) < 4.78 is 0. The number of unbranched alkanes of at least 4 members (excludes halogenated alkanes) is 1. The number of nitrogens with zero attached hydrogens (tertiary/aromatic N) is 1. The van der Waals surface area contributed by atoms with Gasteiger partial charge in [0, 0.05) is 17.3 Å². The van der Waals surface area contributed by atoms with Gasteiger partial charge >= 0.3 is 6.03 Å². The lowest BCUT2D eigenvalue weighted by atomic mass is 10.3. The molecular formula is C13H20ClN3O. The van der Waals surface area contributed by atoms with Crippen molar-refractivity contribution in [3.63, 3.8) is 0 Å². The molecule has 1 aromatic carbocycles. The highest BCUT2D eigenvalue weighted by molar-refractivity contribution is 6.30. The van der Waals surface area contributed by atoms with Gasteiger partial charge in [-0.3, -0.25) is 0 Å². The summed E-state index contributed by atoms with van der Waals surface area (Å²) in [6.45, 7) is 1.73. The Labute approximate surface area is 113 Å². The third-order valence-corrected chi connectivity index (χ3v) is 2.67. The van der Waals surface area contributed by atoms with E-state index >= 15 is 0 Å². The molecule has 1 rings (SSSR count). The molecule has 0 spiro atoms. The average molecular weight is 270 g/mol. The Balaban J connectivity index is 2.16. The number of hydrogen-bond acceptors (Lipinski definition) is 2. The van der Waals surface area contributed by atoms with Crippen LogP contribution in [-0.2, 0) is 0 Å². The van der Waals surface area contributed by atoms with Crippen LogP contribution in [0.4, 0.5) is 10.5 Å². The first-order chi connectivity index (χ1) is 8.58. The molecule has 0 fully saturated rings. The van der Waals surface area contributed by atoms with Gasteiger partial charge in [-0.1, -0.05) is 11.6 Å². The second-order valence-electron chi connectivity index (χ2n) is 4.40. The zero-order valence-corrected chi connectivity index (χ0v) is 11.6. The molecule has 1 aromatic rings. The molecule has 0 aliphatic rings. The monoisotopic (exact) mass is 269 g/mol. The van der Waals surface area contributed by atoms with Crippen molar-refractivity contribution in [3.05, 3.63) is 29.3 Å². The molecule has 2 N–H and O–H groups in total. The second kappa shape index (κ2) is 7.95. The lowest BCUT2D eigenvalue weighted by molar-refractivity contribution is 0.251. The molecule has 18 heavy (non-hydrogen) atoms. The first kappa shape index (κ1) is 14.8. The maximum Gasteiger partial charge on any atom is 0.319 e. The highest BCUT2D eigenvalue weighted by Crippen LogP contribution is 2.12. The van der Waals surface area contributed by atoms with Gasteiger partial charge in [-0.2, -0.15) is 0 Å². The van der Waals surface area contributed by atoms with E-state index < -0.39 is 0 Å². The van der Waals surface area contributed by atoms with Gasteiger partial charge in [-0.05, 0) is 57.7 Å². The van der Waals surface area contributed by atoms with E-state index in [9.17, 15) is 4.79 Å². The van der Waals surface area contributed by atoms with E-state index in [1.165, 1.54) is 0 Å². The zero-order chi connectivity index (χ0) is 13.4. The summed E-state index contributed by atoms with van der Waals surface area (Å²) in [5, 5.41) is 6.22. The zero-order valence-electron chi connectivity index (χ0n) is 10.9. The van der Waals surface area contributed by atoms with Gasteiger partial charge in [0.15, 0.2) is 0 Å². The van der Waals surface area contributed by atoms with Crippen LogP contribution in [0, 0.1) is 0 Å². The van der Waals surface area contributed by atoms with E-state index in [4.69, 9.17) is 11.6 Å². The van der Waals surface area contributed by atoms with Crippen LogP contribution in [0.5, 0.6) is 0 Å². The van der Waals surface area contributed by atoms with E-state index in [-0.39, 0.29) is 6.03 Å². The average Bonchev–Trinajstić information content (AvgIpc) is 2.31. The van der Waals surface area contributed by atoms with Crippen LogP contribution in [0.2, 0.25) is 5.02 Å². The van der Waals surface area contributed by atoms with Gasteiger partial charge in [-0.15, -0.1) is 0 Å². The lowest BCUT2D eigenvalue weighted by Crippen LogP contribution is -2.29. The molecule has 0 unspecified atom stereocenters. The predicted octanol–water partition coefficient (Wildman–Crippen LogP) is 2.80. The van der Waals surface area contributed by atoms with Crippen molar-refractivity contribution < 1.29 is 4.79 Å². The molecule has 0 aliphatic heterocycles. The standard InChI is InChI=1S/C13H20ClN3O/c1-17(2)10-4-3-9-15-13(18)16-12-7-5-11(14)6-8-12/h5-8H,3-4,9-10H2,1-2H3,(H2,15,16,18). The number of anilines is 1. The van der Waals surface area contributed by atoms with Crippen LogP contribution >= 0.6 is 11.6 Å². The van der Waals surface area contributed by atoms with Crippen molar-refractivity contribution in [1.82, 2.24) is 10.2 Å². The predicted molar refractivity (Wildman–Crippen MR) is 76.3 cm³/mol. The molecule has 4 nitrogen and oxygen atoms in total. The van der Waals surface area contributed by atoms with Gasteiger partial charge in [-0.25, -0.2) is 4.79 Å². The minimum absolute atomic E-state index is 0.179. The van der Waals surface area contributed by atoms with Gasteiger partial charge in [0.25, 0.3) is 0 Å². The van der Waals surface area contributed by atoms with E-state index in [1.54, 1.807) is 24.3 Å². The Morgan fingerprint density at radius 2 is 1.89 bits per heavy atom. The third kappa shape index (κ3) is 6.47. The molecule has 100 valence electrons. The van der Waals surface area contributed by atoms with Crippen molar-refractivity contribution in [1.29, 1.82) is 0 Å². The van der Waals surface area contributed by atoms with Crippen molar-refractivity contribution in [2.75, 3.05) is 32.5 Å². The number of carbonyl (C=O) groups excluding carboxylic acids is 1. The minimum atomic E-state index is -0.179. The van der Waals surface area contributed by atoms with Crippen LogP contribution in [0.3, 0.4) is 0 Å². The number of benzene rings is 1. The van der Waals surface area contributed by atoms with E-state index in [2.05, 4.69) is 15.5 Å². The number of halogens is 1. The van der Waals surface area contributed by atoms with E-state index in [0.29, 0.717) is 11.6 Å². The molecule has 2 amide bonds. The van der Waals surface area contributed by atoms with Crippen LogP contribution in [0.1, 0.15) is 12.8 Å². The number of rotatable bonds is 6. The molecule has 0 heterocycles. The Hall–Kier alpha value is -1.26. The van der Waals surface area contributed by atoms with Crippen molar-refractivity contribution in [3.8, 4) is 0 Å². The summed E-state index contributed by atoms with van der Waals surface area (Å²) in [6, 6.07) is 6.85. The van der Waals surface area contributed by atoms with Gasteiger partial charge in [0.2, 0.25) is 0 Å². The number of amides is 2. The maximum atomic E-state index is 11.5. The fourth-order valence-electron chi connectivity index (χ4n) is 1.46. The number of carbonyl (C=O) groups is 1. The molecular weight excluding hydrogens is 250 g/mol. The topological polar surface area (TPSA) is 44.4 Å². The highest BCUT2D eigenvalue weighted by Gasteiger charge is 2.00. The summed E-state index contributed by atoms with van der Waals surface area (Å²) in [4.78, 5) is 13.7. The van der Waals surface area contributed by atoms with Gasteiger partial charge in [0.05, 0.1) is 0 Å². The van der Waals surface area contributed by atoms with Crippen molar-refractivity contribution >= 4 is 23.3 Å². The van der Waals surface area contributed by atoms with Crippen molar-refractivity contribution in [2.45, 2.75) is 12.8 Å². The quantitative estimate of drug-likeness (QED) is 0.780. The lowest BCUT2D eigenvalue weighted by Gasteiger charge is -2.10. The Bertz CT molecular complexity index is 365. The SMILES string of the molecule is CN(C)CCCCNC(=O)Nc1ccc(Cl)cc1. The third-order valence-electron chi connectivity index (χ3n) is 2.42. The van der Waals surface area contributed by atoms with Crippen molar-refractivity contribution in [2.24, 2.45) is 0 Å². The first-order valence-corrected chi connectivity index (χ1v) is 6.41. The van der Waals surface area contributed by atoms with Crippen LogP contribution < -0.4 is 10.6 Å². The molecule has 0 radical (unpaired) electrons. The van der Waals surface area contributed by atoms with E-state index in [1.807, 2.05) is 14.1 Å². The second-order valence-corrected chi connectivity index (χ2v) is 4.83. The fraction of sp³-hybridized carbons (Fsp3) is 0.462. The van der Waals surface area contributed by atoms with Gasteiger partial charge in [0.1, 0.15) is 0 Å². The molecule has 0 atom stereocenters. The van der Waals surface area contributed by atoms with Crippen LogP contribution in [0.15, 0.2) is 24.3 Å². The molecule has 5 heteroatoms.